The van der Waals surface area contributed by atoms with Crippen molar-refractivity contribution in [1.29, 1.82) is 0 Å². The molecule has 0 unspecified atom stereocenters. The number of ether oxygens (including phenoxy) is 1. The Morgan fingerprint density at radius 1 is 1.20 bits per heavy atom. The van der Waals surface area contributed by atoms with E-state index in [1.165, 1.54) is 31.4 Å². The predicted octanol–water partition coefficient (Wildman–Crippen LogP) is 3.57. The zero-order chi connectivity index (χ0) is 17.9. The van der Waals surface area contributed by atoms with Gasteiger partial charge in [-0.3, -0.25) is 4.79 Å². The SMILES string of the molecule is CCCCCCSCCOC(=O)CCCC[C@@H]1SC[C@@H]2NC(=O)N[C@@H]21. The summed E-state index contributed by atoms with van der Waals surface area (Å²) in [7, 11) is 0. The highest BCUT2D eigenvalue weighted by atomic mass is 32.2. The maximum atomic E-state index is 11.7. The minimum atomic E-state index is -0.0700. The van der Waals surface area contributed by atoms with Gasteiger partial charge in [-0.2, -0.15) is 23.5 Å². The van der Waals surface area contributed by atoms with Crippen molar-refractivity contribution in [1.82, 2.24) is 10.6 Å². The average molecular weight is 389 g/mol. The molecule has 0 aliphatic carbocycles. The fourth-order valence-electron chi connectivity index (χ4n) is 3.28. The third kappa shape index (κ3) is 7.69. The molecule has 2 heterocycles. The first kappa shape index (κ1) is 20.7. The third-order valence-electron chi connectivity index (χ3n) is 4.69. The topological polar surface area (TPSA) is 67.4 Å². The second kappa shape index (κ2) is 11.9. The second-order valence-corrected chi connectivity index (χ2v) is 9.26. The van der Waals surface area contributed by atoms with Gasteiger partial charge in [0.25, 0.3) is 0 Å². The van der Waals surface area contributed by atoms with Gasteiger partial charge in [-0.05, 0) is 25.0 Å². The van der Waals surface area contributed by atoms with Crippen LogP contribution in [0.15, 0.2) is 0 Å². The molecule has 2 fully saturated rings. The van der Waals surface area contributed by atoms with Crippen LogP contribution in [0.5, 0.6) is 0 Å². The summed E-state index contributed by atoms with van der Waals surface area (Å²) >= 11 is 3.80. The summed E-state index contributed by atoms with van der Waals surface area (Å²) in [6.07, 6.45) is 8.61. The van der Waals surface area contributed by atoms with E-state index in [4.69, 9.17) is 4.74 Å². The molecule has 25 heavy (non-hydrogen) atoms. The molecule has 2 N–H and O–H groups in total. The molecule has 0 saturated carbocycles. The molecule has 2 amide bonds. The van der Waals surface area contributed by atoms with Crippen LogP contribution in [-0.2, 0) is 9.53 Å². The number of fused-ring (bicyclic) bond motifs is 1. The van der Waals surface area contributed by atoms with Gasteiger partial charge in [-0.25, -0.2) is 4.79 Å². The number of hydrogen-bond acceptors (Lipinski definition) is 5. The Kier molecular flexibility index (Phi) is 9.91. The highest BCUT2D eigenvalue weighted by Crippen LogP contribution is 2.33. The van der Waals surface area contributed by atoms with Crippen molar-refractivity contribution < 1.29 is 14.3 Å². The van der Waals surface area contributed by atoms with E-state index in [0.717, 1.165) is 30.8 Å². The van der Waals surface area contributed by atoms with Gasteiger partial charge >= 0.3 is 12.0 Å². The summed E-state index contributed by atoms with van der Waals surface area (Å²) in [5, 5.41) is 6.44. The molecule has 2 rings (SSSR count). The standard InChI is InChI=1S/C18H32N2O3S2/c1-2-3-4-7-11-24-12-10-23-16(21)9-6-5-8-15-17-14(13-25-15)19-18(22)20-17/h14-15,17H,2-13H2,1H3,(H2,19,20,22)/t14-,15-,17-/m0/s1. The van der Waals surface area contributed by atoms with Crippen molar-refractivity contribution in [2.24, 2.45) is 0 Å². The van der Waals surface area contributed by atoms with Crippen molar-refractivity contribution >= 4 is 35.5 Å². The van der Waals surface area contributed by atoms with Gasteiger partial charge in [0.05, 0.1) is 12.1 Å². The number of nitrogens with one attached hydrogen (secondary N) is 2. The highest BCUT2D eigenvalue weighted by Gasteiger charge is 2.42. The minimum absolute atomic E-state index is 0.0351. The molecule has 0 spiro atoms. The van der Waals surface area contributed by atoms with Crippen molar-refractivity contribution in [3.05, 3.63) is 0 Å². The quantitative estimate of drug-likeness (QED) is 0.287. The summed E-state index contributed by atoms with van der Waals surface area (Å²) in [5.41, 5.74) is 0. The van der Waals surface area contributed by atoms with Crippen molar-refractivity contribution in [2.45, 2.75) is 75.6 Å². The summed E-state index contributed by atoms with van der Waals surface area (Å²) in [6, 6.07) is 0.512. The van der Waals surface area contributed by atoms with Crippen LogP contribution in [0.1, 0.15) is 58.3 Å². The van der Waals surface area contributed by atoms with Gasteiger partial charge in [0, 0.05) is 23.2 Å². The molecule has 5 nitrogen and oxygen atoms in total. The maximum Gasteiger partial charge on any atom is 0.315 e. The fraction of sp³-hybridized carbons (Fsp3) is 0.889. The van der Waals surface area contributed by atoms with Crippen LogP contribution < -0.4 is 10.6 Å². The van der Waals surface area contributed by atoms with E-state index in [9.17, 15) is 9.59 Å². The van der Waals surface area contributed by atoms with Crippen molar-refractivity contribution in [3.8, 4) is 0 Å². The van der Waals surface area contributed by atoms with Crippen LogP contribution in [0, 0.1) is 0 Å². The second-order valence-electron chi connectivity index (χ2n) is 6.76. The molecule has 3 atom stereocenters. The molecule has 0 aromatic rings. The van der Waals surface area contributed by atoms with Crippen LogP contribution in [-0.4, -0.2) is 53.2 Å². The number of esters is 1. The van der Waals surface area contributed by atoms with E-state index < -0.39 is 0 Å². The van der Waals surface area contributed by atoms with E-state index in [0.29, 0.717) is 18.3 Å². The van der Waals surface area contributed by atoms with Crippen molar-refractivity contribution in [2.75, 3.05) is 23.9 Å². The van der Waals surface area contributed by atoms with Crippen molar-refractivity contribution in [3.63, 3.8) is 0 Å². The van der Waals surface area contributed by atoms with E-state index >= 15 is 0 Å². The number of amides is 2. The summed E-state index contributed by atoms with van der Waals surface area (Å²) in [4.78, 5) is 23.1. The highest BCUT2D eigenvalue weighted by molar-refractivity contribution is 8.00. The van der Waals surface area contributed by atoms with Crippen LogP contribution in [0.3, 0.4) is 0 Å². The number of rotatable bonds is 13. The minimum Gasteiger partial charge on any atom is -0.465 e. The molecule has 0 radical (unpaired) electrons. The maximum absolute atomic E-state index is 11.7. The van der Waals surface area contributed by atoms with Gasteiger partial charge in [-0.1, -0.05) is 32.6 Å². The Hall–Kier alpha value is -0.560. The Labute approximate surface area is 160 Å². The number of hydrogen-bond donors (Lipinski definition) is 2. The molecular formula is C18H32N2O3S2. The van der Waals surface area contributed by atoms with E-state index in [1.807, 2.05) is 23.5 Å². The monoisotopic (exact) mass is 388 g/mol. The number of carbonyl (C=O) groups excluding carboxylic acids is 2. The molecule has 2 aliphatic rings. The Balaban J connectivity index is 1.41. The van der Waals surface area contributed by atoms with Gasteiger partial charge in [-0.15, -0.1) is 0 Å². The zero-order valence-electron chi connectivity index (χ0n) is 15.3. The smallest absolute Gasteiger partial charge is 0.315 e. The predicted molar refractivity (Wildman–Crippen MR) is 106 cm³/mol. The Morgan fingerprint density at radius 2 is 2.08 bits per heavy atom. The number of urea groups is 1. The van der Waals surface area contributed by atoms with E-state index in [1.54, 1.807) is 0 Å². The third-order valence-corrected chi connectivity index (χ3v) is 7.23. The number of unbranched alkanes of at least 4 members (excludes halogenated alkanes) is 4. The van der Waals surface area contributed by atoms with Gasteiger partial charge in [0.1, 0.15) is 6.61 Å². The first-order valence-electron chi connectivity index (χ1n) is 9.62. The number of carbonyl (C=O) groups is 2. The van der Waals surface area contributed by atoms with Gasteiger partial charge in [0.2, 0.25) is 0 Å². The largest absolute Gasteiger partial charge is 0.465 e. The summed E-state index contributed by atoms with van der Waals surface area (Å²) in [5.74, 6) is 3.00. The van der Waals surface area contributed by atoms with Crippen LogP contribution in [0.4, 0.5) is 4.79 Å². The first-order chi connectivity index (χ1) is 12.2. The van der Waals surface area contributed by atoms with Gasteiger partial charge < -0.3 is 15.4 Å². The summed E-state index contributed by atoms with van der Waals surface area (Å²) in [6.45, 7) is 2.76. The lowest BCUT2D eigenvalue weighted by molar-refractivity contribution is -0.143. The molecule has 2 saturated heterocycles. The lowest BCUT2D eigenvalue weighted by Crippen LogP contribution is -2.36. The lowest BCUT2D eigenvalue weighted by Gasteiger charge is -2.16. The molecule has 0 aromatic heterocycles. The lowest BCUT2D eigenvalue weighted by atomic mass is 10.0. The zero-order valence-corrected chi connectivity index (χ0v) is 16.9. The molecule has 0 aromatic carbocycles. The normalized spacial score (nSPS) is 24.7. The summed E-state index contributed by atoms with van der Waals surface area (Å²) < 4.78 is 5.29. The molecule has 2 aliphatic heterocycles. The van der Waals surface area contributed by atoms with Gasteiger partial charge in [0.15, 0.2) is 0 Å². The van der Waals surface area contributed by atoms with Crippen LogP contribution in [0.2, 0.25) is 0 Å². The van der Waals surface area contributed by atoms with E-state index in [-0.39, 0.29) is 24.1 Å². The fourth-order valence-corrected chi connectivity index (χ4v) is 5.63. The van der Waals surface area contributed by atoms with Crippen LogP contribution in [0.25, 0.3) is 0 Å². The first-order valence-corrected chi connectivity index (χ1v) is 11.8. The molecular weight excluding hydrogens is 356 g/mol. The molecule has 144 valence electrons. The Morgan fingerprint density at radius 3 is 2.92 bits per heavy atom. The Bertz CT molecular complexity index is 423. The number of thioether (sulfide) groups is 2. The molecule has 0 bridgehead atoms. The molecule has 7 heteroatoms. The average Bonchev–Trinajstić information content (AvgIpc) is 3.13. The van der Waals surface area contributed by atoms with E-state index in [2.05, 4.69) is 17.6 Å². The van der Waals surface area contributed by atoms with Crippen LogP contribution >= 0.6 is 23.5 Å².